The van der Waals surface area contributed by atoms with Crippen LogP contribution in [0.3, 0.4) is 0 Å². The first-order valence-electron chi connectivity index (χ1n) is 5.60. The van der Waals surface area contributed by atoms with Crippen LogP contribution >= 0.6 is 0 Å². The normalized spacial score (nSPS) is 15.6. The van der Waals surface area contributed by atoms with Crippen LogP contribution < -0.4 is 5.73 Å². The van der Waals surface area contributed by atoms with Gasteiger partial charge in [0.1, 0.15) is 0 Å². The second kappa shape index (κ2) is 5.28. The molecule has 0 saturated carbocycles. The maximum Gasteiger partial charge on any atom is 0.0715 e. The fraction of sp³-hybridized carbons (Fsp3) is 1.00. The van der Waals surface area contributed by atoms with E-state index in [-0.39, 0.29) is 0 Å². The first kappa shape index (κ1) is 14.1. The van der Waals surface area contributed by atoms with Crippen LogP contribution in [0.1, 0.15) is 40.0 Å². The average Bonchev–Trinajstić information content (AvgIpc) is 2.02. The van der Waals surface area contributed by atoms with Crippen molar-refractivity contribution in [2.45, 2.75) is 63.8 Å². The van der Waals surface area contributed by atoms with Gasteiger partial charge in [0.15, 0.2) is 0 Å². The summed E-state index contributed by atoms with van der Waals surface area (Å²) in [6, 6.07) is 0. The summed E-state index contributed by atoms with van der Waals surface area (Å²) in [5, 5.41) is 9.08. The van der Waals surface area contributed by atoms with Crippen LogP contribution in [0.5, 0.6) is 0 Å². The fourth-order valence-electron chi connectivity index (χ4n) is 1.39. The van der Waals surface area contributed by atoms with Gasteiger partial charge in [-0.15, -0.1) is 0 Å². The quantitative estimate of drug-likeness (QED) is 0.549. The van der Waals surface area contributed by atoms with Crippen LogP contribution in [0.2, 0.25) is 18.1 Å². The Bertz CT molecular complexity index is 163. The third-order valence-electron chi connectivity index (χ3n) is 3.78. The predicted octanol–water partition coefficient (Wildman–Crippen LogP) is 2.52. The van der Waals surface area contributed by atoms with Crippen molar-refractivity contribution in [2.75, 3.05) is 6.61 Å². The highest BCUT2D eigenvalue weighted by atomic mass is 28.3. The zero-order valence-electron chi connectivity index (χ0n) is 10.4. The molecule has 0 amide bonds. The molecule has 0 fully saturated rings. The molecule has 0 aromatic rings. The van der Waals surface area contributed by atoms with Gasteiger partial charge in [0.05, 0.1) is 8.07 Å². The summed E-state index contributed by atoms with van der Waals surface area (Å²) in [6.07, 6.45) is 3.02. The lowest BCUT2D eigenvalue weighted by molar-refractivity contribution is 0.282. The molecule has 14 heavy (non-hydrogen) atoms. The molecule has 0 bridgehead atoms. The number of hydrogen-bond acceptors (Lipinski definition) is 2. The molecule has 0 aromatic carbocycles. The molecule has 0 aromatic heterocycles. The van der Waals surface area contributed by atoms with E-state index in [4.69, 9.17) is 10.8 Å². The highest BCUT2D eigenvalue weighted by Crippen LogP contribution is 2.38. The molecular weight excluding hydrogens is 190 g/mol. The van der Waals surface area contributed by atoms with Crippen molar-refractivity contribution in [2.24, 2.45) is 5.73 Å². The smallest absolute Gasteiger partial charge is 0.0715 e. The fourth-order valence-corrected chi connectivity index (χ4v) is 3.43. The molecule has 0 aliphatic heterocycles. The van der Waals surface area contributed by atoms with Crippen LogP contribution in [0.25, 0.3) is 0 Å². The Hall–Kier alpha value is 0.137. The molecule has 2 nitrogen and oxygen atoms in total. The van der Waals surface area contributed by atoms with Crippen molar-refractivity contribution in [3.8, 4) is 0 Å². The molecular formula is C11H27NOSi. The molecule has 0 aliphatic rings. The second-order valence-corrected chi connectivity index (χ2v) is 11.5. The van der Waals surface area contributed by atoms with E-state index in [0.717, 1.165) is 19.3 Å². The third kappa shape index (κ3) is 3.71. The first-order valence-corrected chi connectivity index (χ1v) is 8.67. The van der Waals surface area contributed by atoms with Gasteiger partial charge in [0.25, 0.3) is 0 Å². The Labute approximate surface area is 89.9 Å². The van der Waals surface area contributed by atoms with Crippen molar-refractivity contribution in [1.29, 1.82) is 0 Å². The Morgan fingerprint density at radius 1 is 1.21 bits per heavy atom. The lowest BCUT2D eigenvalue weighted by Crippen LogP contribution is -2.54. The minimum Gasteiger partial charge on any atom is -0.396 e. The molecule has 1 atom stereocenters. The maximum atomic E-state index is 8.71. The van der Waals surface area contributed by atoms with Crippen molar-refractivity contribution in [3.05, 3.63) is 0 Å². The SMILES string of the molecule is CC(C)(C)[Si](C)(C)C(N)CCCCO. The highest BCUT2D eigenvalue weighted by Gasteiger charge is 2.39. The maximum absolute atomic E-state index is 8.71. The number of hydrogen-bond donors (Lipinski definition) is 2. The van der Waals surface area contributed by atoms with Gasteiger partial charge in [-0.25, -0.2) is 0 Å². The molecule has 0 heterocycles. The van der Waals surface area contributed by atoms with Crippen LogP contribution in [0.4, 0.5) is 0 Å². The van der Waals surface area contributed by atoms with E-state index in [2.05, 4.69) is 33.9 Å². The number of rotatable bonds is 5. The number of aliphatic hydroxyl groups excluding tert-OH is 1. The predicted molar refractivity (Wildman–Crippen MR) is 66.1 cm³/mol. The summed E-state index contributed by atoms with van der Waals surface area (Å²) in [5.74, 6) is 0. The highest BCUT2D eigenvalue weighted by molar-refractivity contribution is 6.81. The molecule has 86 valence electrons. The molecule has 3 heteroatoms. The Morgan fingerprint density at radius 2 is 1.71 bits per heavy atom. The van der Waals surface area contributed by atoms with Crippen LogP contribution in [-0.2, 0) is 0 Å². The lowest BCUT2D eigenvalue weighted by Gasteiger charge is -2.41. The number of unbranched alkanes of at least 4 members (excludes halogenated alkanes) is 1. The van der Waals surface area contributed by atoms with Gasteiger partial charge >= 0.3 is 0 Å². The van der Waals surface area contributed by atoms with Crippen molar-refractivity contribution in [3.63, 3.8) is 0 Å². The van der Waals surface area contributed by atoms with Gasteiger partial charge in [-0.1, -0.05) is 33.9 Å². The number of nitrogens with two attached hydrogens (primary N) is 1. The molecule has 0 radical (unpaired) electrons. The van der Waals surface area contributed by atoms with E-state index in [1.54, 1.807) is 0 Å². The van der Waals surface area contributed by atoms with E-state index < -0.39 is 8.07 Å². The summed E-state index contributed by atoms with van der Waals surface area (Å²) in [6.45, 7) is 11.9. The first-order chi connectivity index (χ1) is 6.23. The minimum absolute atomic E-state index is 0.296. The molecule has 0 spiro atoms. The lowest BCUT2D eigenvalue weighted by atomic mass is 10.2. The van der Waals surface area contributed by atoms with Gasteiger partial charge in [0.2, 0.25) is 0 Å². The summed E-state index contributed by atoms with van der Waals surface area (Å²) in [5.41, 5.74) is 6.61. The Balaban J connectivity index is 4.15. The van der Waals surface area contributed by atoms with Crippen LogP contribution in [0, 0.1) is 0 Å². The molecule has 0 aliphatic carbocycles. The summed E-state index contributed by atoms with van der Waals surface area (Å²) in [4.78, 5) is 0. The van der Waals surface area contributed by atoms with Crippen molar-refractivity contribution in [1.82, 2.24) is 0 Å². The average molecular weight is 217 g/mol. The standard InChI is InChI=1S/C11H27NOSi/c1-11(2,3)14(4,5)10(12)8-6-7-9-13/h10,13H,6-9,12H2,1-5H3. The summed E-state index contributed by atoms with van der Waals surface area (Å²) >= 11 is 0. The van der Waals surface area contributed by atoms with Gasteiger partial charge in [0, 0.05) is 6.61 Å². The minimum atomic E-state index is -1.36. The van der Waals surface area contributed by atoms with Crippen molar-refractivity contribution >= 4 is 8.07 Å². The van der Waals surface area contributed by atoms with Crippen LogP contribution in [0.15, 0.2) is 0 Å². The largest absolute Gasteiger partial charge is 0.396 e. The monoisotopic (exact) mass is 217 g/mol. The van der Waals surface area contributed by atoms with E-state index >= 15 is 0 Å². The molecule has 0 saturated heterocycles. The van der Waals surface area contributed by atoms with Gasteiger partial charge in [-0.05, 0) is 30.0 Å². The molecule has 1 unspecified atom stereocenters. The van der Waals surface area contributed by atoms with Crippen molar-refractivity contribution < 1.29 is 5.11 Å². The second-order valence-electron chi connectivity index (χ2n) is 5.80. The third-order valence-corrected chi connectivity index (χ3v) is 9.79. The van der Waals surface area contributed by atoms with Gasteiger partial charge < -0.3 is 10.8 Å². The zero-order valence-corrected chi connectivity index (χ0v) is 11.4. The van der Waals surface area contributed by atoms with Gasteiger partial charge in [-0.3, -0.25) is 0 Å². The Morgan fingerprint density at radius 3 is 2.07 bits per heavy atom. The van der Waals surface area contributed by atoms with E-state index in [1.807, 2.05) is 0 Å². The topological polar surface area (TPSA) is 46.2 Å². The molecule has 3 N–H and O–H groups in total. The van der Waals surface area contributed by atoms with Crippen LogP contribution in [-0.4, -0.2) is 25.5 Å². The van der Waals surface area contributed by atoms with E-state index in [9.17, 15) is 0 Å². The van der Waals surface area contributed by atoms with E-state index in [1.165, 1.54) is 0 Å². The molecule has 0 rings (SSSR count). The Kier molecular flexibility index (Phi) is 5.34. The summed E-state index contributed by atoms with van der Waals surface area (Å²) < 4.78 is 0. The van der Waals surface area contributed by atoms with Gasteiger partial charge in [-0.2, -0.15) is 0 Å². The van der Waals surface area contributed by atoms with E-state index in [0.29, 0.717) is 17.3 Å². The summed E-state index contributed by atoms with van der Waals surface area (Å²) in [7, 11) is -1.36. The zero-order chi connectivity index (χ0) is 11.4. The number of aliphatic hydroxyl groups is 1.